The monoisotopic (exact) mass is 176 g/mol. The topological polar surface area (TPSA) is 24.4 Å². The standard InChI is InChI=1S/C11H16N2/c1-9-5-4-6-12-8-11(3)13-10(2)7-9/h4-5,7-8,11,13H,1,6H2,2-3H3/b5-4?,10-7-,12-8-. The molecule has 1 aliphatic heterocycles. The second-order valence-electron chi connectivity index (χ2n) is 3.25. The number of hydrogen-bond acceptors (Lipinski definition) is 2. The Morgan fingerprint density at radius 3 is 3.15 bits per heavy atom. The Morgan fingerprint density at radius 1 is 1.62 bits per heavy atom. The lowest BCUT2D eigenvalue weighted by Crippen LogP contribution is -2.25. The van der Waals surface area contributed by atoms with Crippen LogP contribution < -0.4 is 5.32 Å². The van der Waals surface area contributed by atoms with Gasteiger partial charge in [0.05, 0.1) is 12.6 Å². The van der Waals surface area contributed by atoms with Crippen LogP contribution in [0.1, 0.15) is 13.8 Å². The van der Waals surface area contributed by atoms with Crippen LogP contribution in [0.2, 0.25) is 0 Å². The van der Waals surface area contributed by atoms with Crippen LogP contribution >= 0.6 is 0 Å². The van der Waals surface area contributed by atoms with Gasteiger partial charge in [0, 0.05) is 11.9 Å². The molecule has 0 aromatic heterocycles. The third kappa shape index (κ3) is 3.74. The third-order valence-electron chi connectivity index (χ3n) is 1.73. The van der Waals surface area contributed by atoms with Gasteiger partial charge in [-0.2, -0.15) is 0 Å². The molecule has 0 fully saturated rings. The van der Waals surface area contributed by atoms with Crippen LogP contribution in [0.5, 0.6) is 0 Å². The fourth-order valence-corrected chi connectivity index (χ4v) is 1.25. The summed E-state index contributed by atoms with van der Waals surface area (Å²) in [6.07, 6.45) is 7.96. The van der Waals surface area contributed by atoms with E-state index in [9.17, 15) is 0 Å². The second-order valence-corrected chi connectivity index (χ2v) is 3.25. The van der Waals surface area contributed by atoms with Crippen molar-refractivity contribution < 1.29 is 0 Å². The summed E-state index contributed by atoms with van der Waals surface area (Å²) in [6, 6.07) is 0.288. The molecule has 2 heteroatoms. The Labute approximate surface area is 79.8 Å². The summed E-state index contributed by atoms with van der Waals surface area (Å²) < 4.78 is 0. The average Bonchev–Trinajstić information content (AvgIpc) is 2.02. The van der Waals surface area contributed by atoms with Gasteiger partial charge in [0.25, 0.3) is 0 Å². The van der Waals surface area contributed by atoms with Crippen molar-refractivity contribution >= 4 is 6.21 Å². The van der Waals surface area contributed by atoms with E-state index >= 15 is 0 Å². The Kier molecular flexibility index (Phi) is 3.50. The first-order valence-corrected chi connectivity index (χ1v) is 4.48. The largest absolute Gasteiger partial charge is 0.381 e. The van der Waals surface area contributed by atoms with Crippen molar-refractivity contribution in [2.24, 2.45) is 4.99 Å². The van der Waals surface area contributed by atoms with Crippen molar-refractivity contribution in [3.8, 4) is 0 Å². The maximum atomic E-state index is 4.24. The maximum Gasteiger partial charge on any atom is 0.0580 e. The first-order valence-electron chi connectivity index (χ1n) is 4.48. The van der Waals surface area contributed by atoms with Crippen molar-refractivity contribution in [1.29, 1.82) is 0 Å². The molecule has 70 valence electrons. The zero-order valence-electron chi connectivity index (χ0n) is 8.25. The Hall–Kier alpha value is -1.31. The summed E-state index contributed by atoms with van der Waals surface area (Å²) >= 11 is 0. The van der Waals surface area contributed by atoms with Gasteiger partial charge in [-0.25, -0.2) is 0 Å². The smallest absolute Gasteiger partial charge is 0.0580 e. The first kappa shape index (κ1) is 9.78. The van der Waals surface area contributed by atoms with Crippen LogP contribution in [-0.2, 0) is 0 Å². The van der Waals surface area contributed by atoms with Gasteiger partial charge >= 0.3 is 0 Å². The maximum absolute atomic E-state index is 4.24. The van der Waals surface area contributed by atoms with Gasteiger partial charge in [-0.1, -0.05) is 18.7 Å². The van der Waals surface area contributed by atoms with Crippen molar-refractivity contribution in [3.63, 3.8) is 0 Å². The number of rotatable bonds is 0. The third-order valence-corrected chi connectivity index (χ3v) is 1.73. The molecular weight excluding hydrogens is 160 g/mol. The molecule has 2 nitrogen and oxygen atoms in total. The molecule has 0 amide bonds. The molecule has 1 unspecified atom stereocenters. The molecule has 1 N–H and O–H groups in total. The normalized spacial score (nSPS) is 30.2. The van der Waals surface area contributed by atoms with Crippen LogP contribution in [0.4, 0.5) is 0 Å². The van der Waals surface area contributed by atoms with Crippen molar-refractivity contribution in [3.05, 3.63) is 36.1 Å². The van der Waals surface area contributed by atoms with Crippen LogP contribution in [-0.4, -0.2) is 18.8 Å². The molecule has 0 bridgehead atoms. The molecule has 1 atom stereocenters. The lowest BCUT2D eigenvalue weighted by Gasteiger charge is -2.11. The molecule has 0 aromatic carbocycles. The number of nitrogens with zero attached hydrogens (tertiary/aromatic N) is 1. The number of hydrogen-bond donors (Lipinski definition) is 1. The molecule has 0 spiro atoms. The van der Waals surface area contributed by atoms with Gasteiger partial charge in [0.2, 0.25) is 0 Å². The number of aliphatic imine (C=N–C) groups is 1. The lowest BCUT2D eigenvalue weighted by molar-refractivity contribution is 0.768. The van der Waals surface area contributed by atoms with Crippen molar-refractivity contribution in [2.45, 2.75) is 19.9 Å². The molecule has 0 saturated heterocycles. The van der Waals surface area contributed by atoms with Gasteiger partial charge < -0.3 is 5.32 Å². The van der Waals surface area contributed by atoms with E-state index in [1.165, 1.54) is 0 Å². The molecule has 1 heterocycles. The highest BCUT2D eigenvalue weighted by Crippen LogP contribution is 2.01. The lowest BCUT2D eigenvalue weighted by atomic mass is 10.2. The summed E-state index contributed by atoms with van der Waals surface area (Å²) in [5, 5.41) is 3.30. The van der Waals surface area contributed by atoms with Crippen LogP contribution in [0.3, 0.4) is 0 Å². The molecular formula is C11H16N2. The predicted octanol–water partition coefficient (Wildman–Crippen LogP) is 2.07. The van der Waals surface area contributed by atoms with E-state index in [0.29, 0.717) is 0 Å². The summed E-state index contributed by atoms with van der Waals surface area (Å²) in [5.74, 6) is 0. The fourth-order valence-electron chi connectivity index (χ4n) is 1.25. The highest BCUT2D eigenvalue weighted by Gasteiger charge is 1.97. The number of nitrogens with one attached hydrogen (secondary N) is 1. The summed E-state index contributed by atoms with van der Waals surface area (Å²) in [5.41, 5.74) is 2.13. The van der Waals surface area contributed by atoms with E-state index in [1.54, 1.807) is 0 Å². The highest BCUT2D eigenvalue weighted by atomic mass is 14.9. The Balaban J connectivity index is 2.79. The van der Waals surface area contributed by atoms with Crippen molar-refractivity contribution in [2.75, 3.05) is 6.54 Å². The van der Waals surface area contributed by atoms with E-state index in [4.69, 9.17) is 0 Å². The van der Waals surface area contributed by atoms with Gasteiger partial charge in [-0.3, -0.25) is 4.99 Å². The van der Waals surface area contributed by atoms with E-state index in [-0.39, 0.29) is 6.04 Å². The van der Waals surface area contributed by atoms with E-state index in [0.717, 1.165) is 17.8 Å². The van der Waals surface area contributed by atoms with Gasteiger partial charge in [-0.05, 0) is 25.5 Å². The van der Waals surface area contributed by atoms with E-state index in [1.807, 2.05) is 31.4 Å². The summed E-state index contributed by atoms with van der Waals surface area (Å²) in [4.78, 5) is 4.24. The first-order chi connectivity index (χ1) is 6.18. The fraction of sp³-hybridized carbons (Fsp3) is 0.364. The summed E-state index contributed by atoms with van der Waals surface area (Å²) in [6.45, 7) is 8.75. The van der Waals surface area contributed by atoms with Crippen LogP contribution in [0, 0.1) is 0 Å². The van der Waals surface area contributed by atoms with Gasteiger partial charge in [-0.15, -0.1) is 0 Å². The van der Waals surface area contributed by atoms with Gasteiger partial charge in [0.15, 0.2) is 0 Å². The minimum Gasteiger partial charge on any atom is -0.381 e. The Bertz CT molecular complexity index is 272. The minimum absolute atomic E-state index is 0.288. The molecule has 1 rings (SSSR count). The average molecular weight is 176 g/mol. The highest BCUT2D eigenvalue weighted by molar-refractivity contribution is 5.64. The Morgan fingerprint density at radius 2 is 2.38 bits per heavy atom. The quantitative estimate of drug-likeness (QED) is 0.600. The molecule has 0 aromatic rings. The van der Waals surface area contributed by atoms with Crippen LogP contribution in [0.15, 0.2) is 41.1 Å². The SMILES string of the molecule is C=C1C=CC/N=C\C(C)N/C(C)=C\1. The van der Waals surface area contributed by atoms with Crippen LogP contribution in [0.25, 0.3) is 0 Å². The van der Waals surface area contributed by atoms with E-state index in [2.05, 4.69) is 23.8 Å². The molecule has 0 aliphatic carbocycles. The van der Waals surface area contributed by atoms with Gasteiger partial charge in [0.1, 0.15) is 0 Å². The molecule has 1 aliphatic rings. The zero-order valence-corrected chi connectivity index (χ0v) is 8.25. The molecule has 13 heavy (non-hydrogen) atoms. The minimum atomic E-state index is 0.288. The van der Waals surface area contributed by atoms with Crippen molar-refractivity contribution in [1.82, 2.24) is 5.32 Å². The molecule has 0 saturated carbocycles. The predicted molar refractivity (Wildman–Crippen MR) is 58.0 cm³/mol. The summed E-state index contributed by atoms with van der Waals surface area (Å²) in [7, 11) is 0. The second kappa shape index (κ2) is 4.65. The molecule has 0 radical (unpaired) electrons. The number of allylic oxidation sites excluding steroid dienone is 4. The zero-order chi connectivity index (χ0) is 9.68. The van der Waals surface area contributed by atoms with E-state index < -0.39 is 0 Å².